The molecule has 0 aromatic heterocycles. The van der Waals surface area contributed by atoms with Gasteiger partial charge in [0, 0.05) is 5.41 Å². The zero-order valence-corrected chi connectivity index (χ0v) is 9.79. The van der Waals surface area contributed by atoms with Crippen molar-refractivity contribution < 1.29 is 9.84 Å². The van der Waals surface area contributed by atoms with Crippen LogP contribution in [0.1, 0.15) is 26.3 Å². The lowest BCUT2D eigenvalue weighted by molar-refractivity contribution is 0.0971. The summed E-state index contributed by atoms with van der Waals surface area (Å²) in [4.78, 5) is 0. The Morgan fingerprint density at radius 1 is 1.27 bits per heavy atom. The Hall–Kier alpha value is -1.02. The van der Waals surface area contributed by atoms with Crippen LogP contribution in [0.15, 0.2) is 24.3 Å². The summed E-state index contributed by atoms with van der Waals surface area (Å²) in [5, 5.41) is 9.12. The maximum absolute atomic E-state index is 9.12. The van der Waals surface area contributed by atoms with E-state index in [-0.39, 0.29) is 12.0 Å². The topological polar surface area (TPSA) is 29.5 Å². The number of aliphatic hydroxyl groups is 1. The van der Waals surface area contributed by atoms with Gasteiger partial charge >= 0.3 is 0 Å². The number of aliphatic hydroxyl groups excluding tert-OH is 1. The highest BCUT2D eigenvalue weighted by molar-refractivity contribution is 5.33. The monoisotopic (exact) mass is 208 g/mol. The van der Waals surface area contributed by atoms with E-state index < -0.39 is 0 Å². The molecular weight excluding hydrogens is 188 g/mol. The van der Waals surface area contributed by atoms with E-state index in [4.69, 9.17) is 9.84 Å². The third-order valence-corrected chi connectivity index (χ3v) is 2.40. The molecule has 2 nitrogen and oxygen atoms in total. The van der Waals surface area contributed by atoms with Gasteiger partial charge in [0.25, 0.3) is 0 Å². The normalized spacial score (nSPS) is 11.5. The van der Waals surface area contributed by atoms with Gasteiger partial charge in [0.1, 0.15) is 5.75 Å². The Labute approximate surface area is 91.9 Å². The molecule has 0 saturated heterocycles. The molecule has 2 heteroatoms. The van der Waals surface area contributed by atoms with Gasteiger partial charge in [-0.25, -0.2) is 0 Å². The van der Waals surface area contributed by atoms with Crippen molar-refractivity contribution in [3.63, 3.8) is 0 Å². The van der Waals surface area contributed by atoms with Gasteiger partial charge < -0.3 is 9.84 Å². The number of hydrogen-bond acceptors (Lipinski definition) is 2. The fourth-order valence-electron chi connectivity index (χ4n) is 1.26. The fourth-order valence-corrected chi connectivity index (χ4v) is 1.26. The van der Waals surface area contributed by atoms with E-state index in [1.165, 1.54) is 5.56 Å². The SMILES string of the molecule is CCc1ccccc1OCC(C)(C)CO. The average molecular weight is 208 g/mol. The summed E-state index contributed by atoms with van der Waals surface area (Å²) in [5.74, 6) is 0.932. The van der Waals surface area contributed by atoms with E-state index in [9.17, 15) is 0 Å². The van der Waals surface area contributed by atoms with Crippen LogP contribution in [0.5, 0.6) is 5.75 Å². The van der Waals surface area contributed by atoms with E-state index in [0.717, 1.165) is 12.2 Å². The lowest BCUT2D eigenvalue weighted by Gasteiger charge is -2.22. The zero-order valence-electron chi connectivity index (χ0n) is 9.79. The zero-order chi connectivity index (χ0) is 11.3. The minimum Gasteiger partial charge on any atom is -0.493 e. The molecule has 84 valence electrons. The molecule has 0 aliphatic carbocycles. The Morgan fingerprint density at radius 2 is 1.93 bits per heavy atom. The molecule has 15 heavy (non-hydrogen) atoms. The first-order valence-electron chi connectivity index (χ1n) is 5.40. The van der Waals surface area contributed by atoms with Crippen molar-refractivity contribution in [3.05, 3.63) is 29.8 Å². The number of rotatable bonds is 5. The Morgan fingerprint density at radius 3 is 2.53 bits per heavy atom. The summed E-state index contributed by atoms with van der Waals surface area (Å²) in [6, 6.07) is 8.04. The first-order chi connectivity index (χ1) is 7.09. The van der Waals surface area contributed by atoms with Gasteiger partial charge in [0.15, 0.2) is 0 Å². The van der Waals surface area contributed by atoms with Gasteiger partial charge in [-0.1, -0.05) is 39.0 Å². The van der Waals surface area contributed by atoms with E-state index in [0.29, 0.717) is 6.61 Å². The van der Waals surface area contributed by atoms with Crippen LogP contribution in [0.4, 0.5) is 0 Å². The molecule has 1 rings (SSSR count). The molecule has 1 N–H and O–H groups in total. The molecule has 0 heterocycles. The van der Waals surface area contributed by atoms with Crippen LogP contribution in [-0.4, -0.2) is 18.3 Å². The van der Waals surface area contributed by atoms with Crippen molar-refractivity contribution in [2.75, 3.05) is 13.2 Å². The molecule has 0 radical (unpaired) electrons. The molecule has 0 spiro atoms. The second kappa shape index (κ2) is 5.17. The Bertz CT molecular complexity index is 305. The van der Waals surface area contributed by atoms with Crippen molar-refractivity contribution in [1.82, 2.24) is 0 Å². The van der Waals surface area contributed by atoms with Crippen LogP contribution in [0.2, 0.25) is 0 Å². The van der Waals surface area contributed by atoms with Gasteiger partial charge in [-0.05, 0) is 18.1 Å². The quantitative estimate of drug-likeness (QED) is 0.806. The molecule has 0 fully saturated rings. The summed E-state index contributed by atoms with van der Waals surface area (Å²) < 4.78 is 5.72. The molecule has 1 aromatic rings. The van der Waals surface area contributed by atoms with Crippen LogP contribution >= 0.6 is 0 Å². The van der Waals surface area contributed by atoms with Gasteiger partial charge in [0.05, 0.1) is 13.2 Å². The van der Waals surface area contributed by atoms with E-state index in [1.807, 2.05) is 32.0 Å². The van der Waals surface area contributed by atoms with Crippen molar-refractivity contribution in [1.29, 1.82) is 0 Å². The molecule has 0 aliphatic heterocycles. The Kier molecular flexibility index (Phi) is 4.15. The molecule has 0 atom stereocenters. The average Bonchev–Trinajstić information content (AvgIpc) is 2.27. The molecule has 0 amide bonds. The van der Waals surface area contributed by atoms with Crippen LogP contribution < -0.4 is 4.74 Å². The summed E-state index contributed by atoms with van der Waals surface area (Å²) >= 11 is 0. The van der Waals surface area contributed by atoms with Crippen LogP contribution in [-0.2, 0) is 6.42 Å². The lowest BCUT2D eigenvalue weighted by Crippen LogP contribution is -2.25. The second-order valence-corrected chi connectivity index (χ2v) is 4.57. The lowest BCUT2D eigenvalue weighted by atomic mass is 9.96. The van der Waals surface area contributed by atoms with Crippen LogP contribution in [0, 0.1) is 5.41 Å². The highest BCUT2D eigenvalue weighted by atomic mass is 16.5. The summed E-state index contributed by atoms with van der Waals surface area (Å²) in [6.45, 7) is 6.77. The minimum atomic E-state index is -0.180. The fraction of sp³-hybridized carbons (Fsp3) is 0.538. The third kappa shape index (κ3) is 3.56. The number of para-hydroxylation sites is 1. The minimum absolute atomic E-state index is 0.140. The number of ether oxygens (including phenoxy) is 1. The van der Waals surface area contributed by atoms with E-state index in [1.54, 1.807) is 0 Å². The maximum Gasteiger partial charge on any atom is 0.122 e. The van der Waals surface area contributed by atoms with Crippen molar-refractivity contribution in [2.24, 2.45) is 5.41 Å². The van der Waals surface area contributed by atoms with Gasteiger partial charge in [-0.3, -0.25) is 0 Å². The van der Waals surface area contributed by atoms with Gasteiger partial charge in [-0.15, -0.1) is 0 Å². The van der Waals surface area contributed by atoms with Crippen molar-refractivity contribution in [2.45, 2.75) is 27.2 Å². The summed E-state index contributed by atoms with van der Waals surface area (Å²) in [6.07, 6.45) is 0.968. The first kappa shape index (κ1) is 12.1. The van der Waals surface area contributed by atoms with Crippen molar-refractivity contribution >= 4 is 0 Å². The molecule has 0 saturated carbocycles. The van der Waals surface area contributed by atoms with Crippen LogP contribution in [0.25, 0.3) is 0 Å². The predicted octanol–water partition coefficient (Wildman–Crippen LogP) is 2.65. The largest absolute Gasteiger partial charge is 0.493 e. The van der Waals surface area contributed by atoms with Crippen LogP contribution in [0.3, 0.4) is 0 Å². The second-order valence-electron chi connectivity index (χ2n) is 4.57. The predicted molar refractivity (Wildman–Crippen MR) is 62.2 cm³/mol. The highest BCUT2D eigenvalue weighted by Gasteiger charge is 2.17. The number of hydrogen-bond donors (Lipinski definition) is 1. The molecule has 0 unspecified atom stereocenters. The number of aryl methyl sites for hydroxylation is 1. The molecular formula is C13H20O2. The highest BCUT2D eigenvalue weighted by Crippen LogP contribution is 2.22. The standard InChI is InChI=1S/C13H20O2/c1-4-11-7-5-6-8-12(11)15-10-13(2,3)9-14/h5-8,14H,4,9-10H2,1-3H3. The van der Waals surface area contributed by atoms with E-state index >= 15 is 0 Å². The Balaban J connectivity index is 2.65. The number of benzene rings is 1. The first-order valence-corrected chi connectivity index (χ1v) is 5.40. The van der Waals surface area contributed by atoms with Gasteiger partial charge in [0.2, 0.25) is 0 Å². The van der Waals surface area contributed by atoms with Gasteiger partial charge in [-0.2, -0.15) is 0 Å². The maximum atomic E-state index is 9.12. The molecule has 0 aliphatic rings. The summed E-state index contributed by atoms with van der Waals surface area (Å²) in [5.41, 5.74) is 1.03. The van der Waals surface area contributed by atoms with E-state index in [2.05, 4.69) is 13.0 Å². The van der Waals surface area contributed by atoms with Crippen molar-refractivity contribution in [3.8, 4) is 5.75 Å². The smallest absolute Gasteiger partial charge is 0.122 e. The summed E-state index contributed by atoms with van der Waals surface area (Å²) in [7, 11) is 0. The third-order valence-electron chi connectivity index (χ3n) is 2.40. The molecule has 1 aromatic carbocycles. The molecule has 0 bridgehead atoms.